The third kappa shape index (κ3) is 1.33. The van der Waals surface area contributed by atoms with Crippen molar-refractivity contribution in [2.24, 2.45) is 0 Å². The van der Waals surface area contributed by atoms with E-state index in [2.05, 4.69) is 5.10 Å². The Morgan fingerprint density at radius 3 is 3.07 bits per heavy atom. The molecule has 0 saturated carbocycles. The van der Waals surface area contributed by atoms with Gasteiger partial charge in [-0.1, -0.05) is 0 Å². The zero-order valence-corrected chi connectivity index (χ0v) is 7.51. The molecule has 0 aromatic carbocycles. The van der Waals surface area contributed by atoms with Crippen LogP contribution in [0.4, 0.5) is 5.82 Å². The number of hydrogen-bond donors (Lipinski definition) is 2. The normalized spacial score (nSPS) is 21.3. The van der Waals surface area contributed by atoms with Gasteiger partial charge in [-0.15, -0.1) is 0 Å². The number of carbonyl (C=O) groups is 1. The summed E-state index contributed by atoms with van der Waals surface area (Å²) in [5.41, 5.74) is 5.70. The molecule has 1 saturated heterocycles. The molecule has 0 bridgehead atoms. The Kier molecular flexibility index (Phi) is 2.12. The molecule has 1 aliphatic rings. The number of anilines is 1. The Bertz CT molecular complexity index is 355. The monoisotopic (exact) mass is 197 g/mol. The fourth-order valence-corrected chi connectivity index (χ4v) is 1.54. The Morgan fingerprint density at radius 1 is 1.79 bits per heavy atom. The molecule has 1 unspecified atom stereocenters. The van der Waals surface area contributed by atoms with Crippen molar-refractivity contribution in [1.29, 1.82) is 0 Å². The molecule has 0 spiro atoms. The van der Waals surface area contributed by atoms with Crippen LogP contribution in [-0.4, -0.2) is 34.1 Å². The van der Waals surface area contributed by atoms with Crippen LogP contribution in [0.1, 0.15) is 22.8 Å². The fraction of sp³-hybridized carbons (Fsp3) is 0.500. The molecule has 0 amide bonds. The highest BCUT2D eigenvalue weighted by Crippen LogP contribution is 2.23. The van der Waals surface area contributed by atoms with Crippen molar-refractivity contribution in [2.45, 2.75) is 12.5 Å². The van der Waals surface area contributed by atoms with E-state index in [0.717, 1.165) is 6.42 Å². The van der Waals surface area contributed by atoms with E-state index in [0.29, 0.717) is 13.2 Å². The maximum absolute atomic E-state index is 10.7. The second-order valence-corrected chi connectivity index (χ2v) is 3.21. The first kappa shape index (κ1) is 9.01. The number of rotatable bonds is 2. The van der Waals surface area contributed by atoms with E-state index in [1.165, 1.54) is 10.9 Å². The molecule has 1 aromatic rings. The molecule has 0 radical (unpaired) electrons. The molecule has 1 atom stereocenters. The van der Waals surface area contributed by atoms with Crippen LogP contribution in [0.2, 0.25) is 0 Å². The third-order valence-corrected chi connectivity index (χ3v) is 2.32. The molecule has 0 aliphatic carbocycles. The second-order valence-electron chi connectivity index (χ2n) is 3.21. The number of aromatic carboxylic acids is 1. The zero-order chi connectivity index (χ0) is 10.1. The zero-order valence-electron chi connectivity index (χ0n) is 7.51. The molecular weight excluding hydrogens is 186 g/mol. The van der Waals surface area contributed by atoms with Gasteiger partial charge >= 0.3 is 5.97 Å². The molecule has 1 aliphatic heterocycles. The molecule has 14 heavy (non-hydrogen) atoms. The van der Waals surface area contributed by atoms with Crippen LogP contribution in [0.5, 0.6) is 0 Å². The van der Waals surface area contributed by atoms with Crippen molar-refractivity contribution in [2.75, 3.05) is 18.9 Å². The van der Waals surface area contributed by atoms with Crippen molar-refractivity contribution in [3.8, 4) is 0 Å². The molecule has 2 rings (SSSR count). The number of nitrogen functional groups attached to an aromatic ring is 1. The summed E-state index contributed by atoms with van der Waals surface area (Å²) in [5.74, 6) is -0.847. The number of nitrogens with two attached hydrogens (primary N) is 1. The lowest BCUT2D eigenvalue weighted by molar-refractivity contribution is 0.0698. The maximum atomic E-state index is 10.7. The van der Waals surface area contributed by atoms with Crippen LogP contribution in [0.3, 0.4) is 0 Å². The predicted molar refractivity (Wildman–Crippen MR) is 48.1 cm³/mol. The summed E-state index contributed by atoms with van der Waals surface area (Å²) in [6.07, 6.45) is 2.10. The lowest BCUT2D eigenvalue weighted by Gasteiger charge is -2.09. The van der Waals surface area contributed by atoms with Gasteiger partial charge in [-0.05, 0) is 6.42 Å². The van der Waals surface area contributed by atoms with Gasteiger partial charge in [-0.2, -0.15) is 5.10 Å². The number of ether oxygens (including phenoxy) is 1. The van der Waals surface area contributed by atoms with Crippen molar-refractivity contribution < 1.29 is 14.6 Å². The van der Waals surface area contributed by atoms with Gasteiger partial charge in [0, 0.05) is 6.61 Å². The summed E-state index contributed by atoms with van der Waals surface area (Å²) in [5, 5.41) is 12.7. The summed E-state index contributed by atoms with van der Waals surface area (Å²) in [4.78, 5) is 10.7. The van der Waals surface area contributed by atoms with Gasteiger partial charge in [0.05, 0.1) is 18.8 Å². The van der Waals surface area contributed by atoms with Crippen molar-refractivity contribution in [3.63, 3.8) is 0 Å². The Morgan fingerprint density at radius 2 is 2.57 bits per heavy atom. The highest BCUT2D eigenvalue weighted by molar-refractivity contribution is 5.92. The number of carboxylic acids is 1. The molecule has 2 heterocycles. The van der Waals surface area contributed by atoms with E-state index >= 15 is 0 Å². The Hall–Kier alpha value is -1.56. The average molecular weight is 197 g/mol. The molecule has 76 valence electrons. The molecule has 6 nitrogen and oxygen atoms in total. The fourth-order valence-electron chi connectivity index (χ4n) is 1.54. The minimum atomic E-state index is -1.05. The standard InChI is InChI=1S/C8H11N3O3/c9-7-6(8(12)13)3-10-11(7)5-1-2-14-4-5/h3,5H,1-2,4,9H2,(H,12,13). The minimum Gasteiger partial charge on any atom is -0.477 e. The van der Waals surface area contributed by atoms with Crippen LogP contribution in [0, 0.1) is 0 Å². The summed E-state index contributed by atoms with van der Waals surface area (Å²) in [6, 6.07) is 0.0723. The number of aromatic nitrogens is 2. The summed E-state index contributed by atoms with van der Waals surface area (Å²) in [6.45, 7) is 1.22. The summed E-state index contributed by atoms with van der Waals surface area (Å²) < 4.78 is 6.70. The van der Waals surface area contributed by atoms with Gasteiger partial charge in [-0.3, -0.25) is 0 Å². The van der Waals surface area contributed by atoms with Gasteiger partial charge in [0.15, 0.2) is 0 Å². The van der Waals surface area contributed by atoms with Gasteiger partial charge < -0.3 is 15.6 Å². The average Bonchev–Trinajstić information content (AvgIpc) is 2.71. The molecular formula is C8H11N3O3. The van der Waals surface area contributed by atoms with E-state index in [1.54, 1.807) is 0 Å². The first-order chi connectivity index (χ1) is 6.70. The van der Waals surface area contributed by atoms with Crippen molar-refractivity contribution >= 4 is 11.8 Å². The summed E-state index contributed by atoms with van der Waals surface area (Å²) >= 11 is 0. The van der Waals surface area contributed by atoms with Crippen LogP contribution in [0.25, 0.3) is 0 Å². The summed E-state index contributed by atoms with van der Waals surface area (Å²) in [7, 11) is 0. The van der Waals surface area contributed by atoms with Crippen LogP contribution >= 0.6 is 0 Å². The Labute approximate surface area is 80.3 Å². The second kappa shape index (κ2) is 3.30. The minimum absolute atomic E-state index is 0.0527. The molecule has 1 fully saturated rings. The SMILES string of the molecule is Nc1c(C(=O)O)cnn1C1CCOC1. The predicted octanol–water partition coefficient (Wildman–Crippen LogP) is 0.125. The lowest BCUT2D eigenvalue weighted by Crippen LogP contribution is -2.14. The third-order valence-electron chi connectivity index (χ3n) is 2.32. The smallest absolute Gasteiger partial charge is 0.341 e. The Balaban J connectivity index is 2.30. The quantitative estimate of drug-likeness (QED) is 0.703. The largest absolute Gasteiger partial charge is 0.477 e. The van der Waals surface area contributed by atoms with E-state index in [-0.39, 0.29) is 17.4 Å². The highest BCUT2D eigenvalue weighted by Gasteiger charge is 2.23. The van der Waals surface area contributed by atoms with Crippen LogP contribution < -0.4 is 5.73 Å². The topological polar surface area (TPSA) is 90.4 Å². The lowest BCUT2D eigenvalue weighted by atomic mass is 10.2. The first-order valence-electron chi connectivity index (χ1n) is 4.34. The molecule has 1 aromatic heterocycles. The van der Waals surface area contributed by atoms with Gasteiger partial charge in [0.2, 0.25) is 0 Å². The van der Waals surface area contributed by atoms with E-state index in [9.17, 15) is 4.79 Å². The molecule has 6 heteroatoms. The number of carboxylic acid groups (broad SMARTS) is 1. The van der Waals surface area contributed by atoms with Crippen molar-refractivity contribution in [3.05, 3.63) is 11.8 Å². The highest BCUT2D eigenvalue weighted by atomic mass is 16.5. The van der Waals surface area contributed by atoms with E-state index in [4.69, 9.17) is 15.6 Å². The van der Waals surface area contributed by atoms with Gasteiger partial charge in [-0.25, -0.2) is 9.48 Å². The van der Waals surface area contributed by atoms with Crippen LogP contribution in [-0.2, 0) is 4.74 Å². The van der Waals surface area contributed by atoms with E-state index < -0.39 is 5.97 Å². The van der Waals surface area contributed by atoms with Crippen LogP contribution in [0.15, 0.2) is 6.20 Å². The van der Waals surface area contributed by atoms with Gasteiger partial charge in [0.1, 0.15) is 11.4 Å². The number of nitrogens with zero attached hydrogens (tertiary/aromatic N) is 2. The number of hydrogen-bond acceptors (Lipinski definition) is 4. The van der Waals surface area contributed by atoms with Gasteiger partial charge in [0.25, 0.3) is 0 Å². The molecule has 3 N–H and O–H groups in total. The maximum Gasteiger partial charge on any atom is 0.341 e. The first-order valence-corrected chi connectivity index (χ1v) is 4.34. The van der Waals surface area contributed by atoms with E-state index in [1.807, 2.05) is 0 Å². The van der Waals surface area contributed by atoms with Crippen molar-refractivity contribution in [1.82, 2.24) is 9.78 Å².